The Labute approximate surface area is 79.7 Å². The van der Waals surface area contributed by atoms with Crippen LogP contribution in [0.15, 0.2) is 0 Å². The molecule has 80 valence electrons. The second-order valence-corrected chi connectivity index (χ2v) is 3.22. The van der Waals surface area contributed by atoms with Crippen molar-refractivity contribution >= 4 is 5.97 Å². The third-order valence-corrected chi connectivity index (χ3v) is 1.04. The third-order valence-electron chi connectivity index (χ3n) is 1.04. The van der Waals surface area contributed by atoms with E-state index in [2.05, 4.69) is 0 Å². The fraction of sp³-hybridized carbons (Fsp3) is 0.875. The summed E-state index contributed by atoms with van der Waals surface area (Å²) in [5.74, 6) is -0.955. The van der Waals surface area contributed by atoms with E-state index in [0.29, 0.717) is 19.4 Å². The molecule has 13 heavy (non-hydrogen) atoms. The average Bonchev–Trinajstić information content (AvgIpc) is 1.98. The number of nitrogens with zero attached hydrogens (tertiary/aromatic N) is 1. The highest BCUT2D eigenvalue weighted by Crippen LogP contribution is 1.91. The van der Waals surface area contributed by atoms with Crippen LogP contribution < -0.4 is 11.5 Å². The number of carbonyl (C=O) groups is 1. The van der Waals surface area contributed by atoms with Gasteiger partial charge in [-0.15, -0.1) is 0 Å². The first-order valence-electron chi connectivity index (χ1n) is 4.21. The van der Waals surface area contributed by atoms with Crippen LogP contribution in [0.2, 0.25) is 0 Å². The number of rotatable bonds is 4. The molecule has 0 aromatic rings. The quantitative estimate of drug-likeness (QED) is 0.547. The lowest BCUT2D eigenvalue weighted by atomic mass is 10.2. The van der Waals surface area contributed by atoms with Gasteiger partial charge in [0.1, 0.15) is 6.04 Å². The van der Waals surface area contributed by atoms with Gasteiger partial charge in [0.2, 0.25) is 0 Å². The van der Waals surface area contributed by atoms with Crippen molar-refractivity contribution in [1.29, 1.82) is 0 Å². The molecule has 0 fully saturated rings. The molecule has 0 unspecified atom stereocenters. The van der Waals surface area contributed by atoms with Gasteiger partial charge in [-0.25, -0.2) is 0 Å². The van der Waals surface area contributed by atoms with Gasteiger partial charge in [-0.3, -0.25) is 4.79 Å². The normalized spacial score (nSPS) is 11.8. The average molecular weight is 191 g/mol. The molecule has 0 aliphatic carbocycles. The highest BCUT2D eigenvalue weighted by Gasteiger charge is 2.08. The third kappa shape index (κ3) is 18.4. The number of hydrogen-bond acceptors (Lipinski definition) is 4. The Hall–Kier alpha value is -0.650. The molecule has 0 heterocycles. The predicted octanol–water partition coefficient (Wildman–Crippen LogP) is -0.685. The van der Waals surface area contributed by atoms with Crippen LogP contribution in [0.5, 0.6) is 0 Å². The summed E-state index contributed by atoms with van der Waals surface area (Å²) < 4.78 is 0. The number of carboxylic acids is 1. The molecule has 1 atom stereocenters. The van der Waals surface area contributed by atoms with Gasteiger partial charge in [0.05, 0.1) is 0 Å². The van der Waals surface area contributed by atoms with Crippen LogP contribution in [-0.4, -0.2) is 49.7 Å². The van der Waals surface area contributed by atoms with Gasteiger partial charge in [-0.2, -0.15) is 0 Å². The van der Waals surface area contributed by atoms with E-state index < -0.39 is 12.0 Å². The summed E-state index contributed by atoms with van der Waals surface area (Å²) >= 11 is 0. The number of aliphatic carboxylic acids is 1. The van der Waals surface area contributed by atoms with Crippen molar-refractivity contribution in [2.24, 2.45) is 11.5 Å². The van der Waals surface area contributed by atoms with Crippen LogP contribution >= 0.6 is 0 Å². The van der Waals surface area contributed by atoms with Crippen molar-refractivity contribution in [2.45, 2.75) is 18.9 Å². The molecule has 0 saturated heterocycles. The molecule has 5 heteroatoms. The van der Waals surface area contributed by atoms with Crippen molar-refractivity contribution in [3.63, 3.8) is 0 Å². The highest BCUT2D eigenvalue weighted by molar-refractivity contribution is 5.72. The van der Waals surface area contributed by atoms with E-state index >= 15 is 0 Å². The van der Waals surface area contributed by atoms with Crippen LogP contribution in [0.4, 0.5) is 0 Å². The van der Waals surface area contributed by atoms with Crippen LogP contribution in [0, 0.1) is 0 Å². The molecule has 0 aliphatic rings. The Morgan fingerprint density at radius 1 is 1.46 bits per heavy atom. The summed E-state index contributed by atoms with van der Waals surface area (Å²) in [5.41, 5.74) is 10.3. The lowest BCUT2D eigenvalue weighted by Crippen LogP contribution is -2.30. The summed E-state index contributed by atoms with van der Waals surface area (Å²) in [7, 11) is 6.00. The van der Waals surface area contributed by atoms with E-state index in [1.54, 1.807) is 0 Å². The molecule has 5 N–H and O–H groups in total. The molecular weight excluding hydrogens is 170 g/mol. The zero-order valence-electron chi connectivity index (χ0n) is 8.66. The van der Waals surface area contributed by atoms with E-state index in [4.69, 9.17) is 16.6 Å². The van der Waals surface area contributed by atoms with Crippen molar-refractivity contribution in [1.82, 2.24) is 4.90 Å². The van der Waals surface area contributed by atoms with Crippen molar-refractivity contribution < 1.29 is 9.90 Å². The molecule has 0 aromatic carbocycles. The first-order valence-corrected chi connectivity index (χ1v) is 4.21. The summed E-state index contributed by atoms with van der Waals surface area (Å²) in [6, 6.07) is -0.742. The van der Waals surface area contributed by atoms with Crippen molar-refractivity contribution in [3.8, 4) is 0 Å². The topological polar surface area (TPSA) is 92.6 Å². The van der Waals surface area contributed by atoms with E-state index in [1.807, 2.05) is 26.0 Å². The van der Waals surface area contributed by atoms with Gasteiger partial charge >= 0.3 is 5.97 Å². The smallest absolute Gasteiger partial charge is 0.320 e. The summed E-state index contributed by atoms with van der Waals surface area (Å²) in [6.07, 6.45) is 1.14. The zero-order chi connectivity index (χ0) is 10.9. The Balaban J connectivity index is 0. The molecule has 0 radical (unpaired) electrons. The second kappa shape index (κ2) is 9.44. The maximum Gasteiger partial charge on any atom is 0.320 e. The number of carboxylic acid groups (broad SMARTS) is 1. The Morgan fingerprint density at radius 3 is 2.08 bits per heavy atom. The van der Waals surface area contributed by atoms with Crippen molar-refractivity contribution in [2.75, 3.05) is 27.7 Å². The fourth-order valence-electron chi connectivity index (χ4n) is 0.461. The molecule has 5 nitrogen and oxygen atoms in total. The van der Waals surface area contributed by atoms with E-state index in [9.17, 15) is 4.79 Å². The minimum absolute atomic E-state index is 0.464. The molecule has 0 spiro atoms. The van der Waals surface area contributed by atoms with E-state index in [0.717, 1.165) is 0 Å². The fourth-order valence-corrected chi connectivity index (χ4v) is 0.461. The molecule has 0 rings (SSSR count). The molecule has 0 saturated carbocycles. The summed E-state index contributed by atoms with van der Waals surface area (Å²) in [4.78, 5) is 12.0. The minimum Gasteiger partial charge on any atom is -0.480 e. The second-order valence-electron chi connectivity index (χ2n) is 3.22. The maximum absolute atomic E-state index is 10.0. The lowest BCUT2D eigenvalue weighted by molar-refractivity contribution is -0.138. The lowest BCUT2D eigenvalue weighted by Gasteiger charge is -2.02. The van der Waals surface area contributed by atoms with Crippen LogP contribution in [0.3, 0.4) is 0 Å². The van der Waals surface area contributed by atoms with Gasteiger partial charge in [-0.1, -0.05) is 0 Å². The molecule has 0 amide bonds. The van der Waals surface area contributed by atoms with E-state index in [-0.39, 0.29) is 0 Å². The molecule has 0 aromatic heterocycles. The van der Waals surface area contributed by atoms with Crippen LogP contribution in [0.1, 0.15) is 12.8 Å². The summed E-state index contributed by atoms with van der Waals surface area (Å²) in [6.45, 7) is 0.501. The Morgan fingerprint density at radius 2 is 1.85 bits per heavy atom. The predicted molar refractivity (Wildman–Crippen MR) is 53.5 cm³/mol. The molecule has 0 bridgehead atoms. The monoisotopic (exact) mass is 191 g/mol. The Kier molecular flexibility index (Phi) is 10.8. The molecular formula is C8H21N3O2. The van der Waals surface area contributed by atoms with Gasteiger partial charge in [0.25, 0.3) is 0 Å². The SMILES string of the molecule is CN(C)C.NCCC[C@@H](N)C(=O)O. The maximum atomic E-state index is 10.0. The highest BCUT2D eigenvalue weighted by atomic mass is 16.4. The Bertz CT molecular complexity index is 126. The standard InChI is InChI=1S/C5H12N2O2.C3H9N/c6-3-1-2-4(7)5(8)9;1-4(2)3/h4H,1-3,6-7H2,(H,8,9);1-3H3/t4-;/m1./s1. The first kappa shape index (κ1) is 14.9. The van der Waals surface area contributed by atoms with Gasteiger partial charge in [0.15, 0.2) is 0 Å². The van der Waals surface area contributed by atoms with Gasteiger partial charge in [-0.05, 0) is 40.5 Å². The van der Waals surface area contributed by atoms with E-state index in [1.165, 1.54) is 0 Å². The first-order chi connectivity index (χ1) is 5.91. The number of nitrogens with two attached hydrogens (primary N) is 2. The van der Waals surface area contributed by atoms with Gasteiger partial charge in [0, 0.05) is 0 Å². The number of hydrogen-bond donors (Lipinski definition) is 3. The van der Waals surface area contributed by atoms with Crippen LogP contribution in [0.25, 0.3) is 0 Å². The largest absolute Gasteiger partial charge is 0.480 e. The zero-order valence-corrected chi connectivity index (χ0v) is 8.66. The minimum atomic E-state index is -0.955. The summed E-state index contributed by atoms with van der Waals surface area (Å²) in [5, 5.41) is 8.24. The van der Waals surface area contributed by atoms with Crippen molar-refractivity contribution in [3.05, 3.63) is 0 Å². The van der Waals surface area contributed by atoms with Crippen LogP contribution in [-0.2, 0) is 4.79 Å². The van der Waals surface area contributed by atoms with Gasteiger partial charge < -0.3 is 21.5 Å². The molecule has 0 aliphatic heterocycles.